The fourth-order valence-electron chi connectivity index (χ4n) is 3.70. The van der Waals surface area contributed by atoms with Gasteiger partial charge in [-0.05, 0) is 43.4 Å². The second-order valence-corrected chi connectivity index (χ2v) is 7.37. The largest absolute Gasteiger partial charge is 0.449 e. The average Bonchev–Trinajstić information content (AvgIpc) is 3.38. The van der Waals surface area contributed by atoms with Crippen LogP contribution in [0.2, 0.25) is 0 Å². The Balaban J connectivity index is 1.31. The Hall–Kier alpha value is -1.84. The number of nitrogens with one attached hydrogen (secondary N) is 2. The standard InChI is InChI=1S/C21H36N2O7/c1-22-20(24)29-15-14-28-13-12-27-11-10-26-9-8-23-21(25)30-16-19-17-6-4-2-3-5-7-18(17)19/h2-3,17-19H,4-16H2,1H3,(H,22,24)(H,23,25)/b3-2-/t17-,18+,19-. The molecule has 0 aromatic rings. The molecule has 2 aliphatic carbocycles. The van der Waals surface area contributed by atoms with Crippen LogP contribution in [0.5, 0.6) is 0 Å². The Labute approximate surface area is 178 Å². The summed E-state index contributed by atoms with van der Waals surface area (Å²) in [5.41, 5.74) is 0. The molecule has 0 saturated heterocycles. The van der Waals surface area contributed by atoms with Crippen LogP contribution in [0.4, 0.5) is 9.59 Å². The van der Waals surface area contributed by atoms with Crippen LogP contribution in [-0.2, 0) is 23.7 Å². The third kappa shape index (κ3) is 10.3. The predicted molar refractivity (Wildman–Crippen MR) is 110 cm³/mol. The minimum absolute atomic E-state index is 0.206. The number of rotatable bonds is 14. The molecule has 0 heterocycles. The molecule has 3 atom stereocenters. The summed E-state index contributed by atoms with van der Waals surface area (Å²) in [7, 11) is 1.50. The Bertz CT molecular complexity index is 513. The Morgan fingerprint density at radius 3 is 1.97 bits per heavy atom. The van der Waals surface area contributed by atoms with Crippen molar-refractivity contribution in [3.63, 3.8) is 0 Å². The molecule has 2 aliphatic rings. The highest BCUT2D eigenvalue weighted by molar-refractivity contribution is 5.67. The second-order valence-electron chi connectivity index (χ2n) is 7.37. The summed E-state index contributed by atoms with van der Waals surface area (Å²) in [5, 5.41) is 5.06. The monoisotopic (exact) mass is 428 g/mol. The molecule has 2 amide bonds. The molecule has 9 nitrogen and oxygen atoms in total. The molecule has 9 heteroatoms. The van der Waals surface area contributed by atoms with Crippen molar-refractivity contribution in [3.05, 3.63) is 12.2 Å². The van der Waals surface area contributed by atoms with Crippen molar-refractivity contribution in [1.29, 1.82) is 0 Å². The van der Waals surface area contributed by atoms with E-state index in [9.17, 15) is 9.59 Å². The van der Waals surface area contributed by atoms with E-state index in [-0.39, 0.29) is 12.7 Å². The first-order chi connectivity index (χ1) is 14.7. The number of hydrogen-bond acceptors (Lipinski definition) is 7. The first-order valence-electron chi connectivity index (χ1n) is 10.9. The number of fused-ring (bicyclic) bond motifs is 1. The molecular weight excluding hydrogens is 392 g/mol. The molecule has 0 aromatic heterocycles. The third-order valence-electron chi connectivity index (χ3n) is 5.34. The van der Waals surface area contributed by atoms with Crippen molar-refractivity contribution >= 4 is 12.2 Å². The minimum Gasteiger partial charge on any atom is -0.449 e. The number of allylic oxidation sites excluding steroid dienone is 2. The van der Waals surface area contributed by atoms with Gasteiger partial charge in [-0.1, -0.05) is 12.2 Å². The van der Waals surface area contributed by atoms with E-state index in [4.69, 9.17) is 23.7 Å². The maximum atomic E-state index is 11.8. The van der Waals surface area contributed by atoms with E-state index in [1.54, 1.807) is 0 Å². The van der Waals surface area contributed by atoms with E-state index in [0.29, 0.717) is 58.7 Å². The molecule has 0 aliphatic heterocycles. The minimum atomic E-state index is -0.473. The van der Waals surface area contributed by atoms with Gasteiger partial charge >= 0.3 is 12.2 Å². The normalized spacial score (nSPS) is 23.4. The van der Waals surface area contributed by atoms with E-state index >= 15 is 0 Å². The zero-order chi connectivity index (χ0) is 21.4. The smallest absolute Gasteiger partial charge is 0.407 e. The van der Waals surface area contributed by atoms with Gasteiger partial charge in [-0.3, -0.25) is 0 Å². The van der Waals surface area contributed by atoms with Gasteiger partial charge in [0.25, 0.3) is 0 Å². The van der Waals surface area contributed by atoms with E-state index in [2.05, 4.69) is 22.8 Å². The van der Waals surface area contributed by atoms with Crippen LogP contribution < -0.4 is 10.6 Å². The molecule has 1 saturated carbocycles. The van der Waals surface area contributed by atoms with Crippen molar-refractivity contribution in [2.75, 3.05) is 66.4 Å². The van der Waals surface area contributed by atoms with Gasteiger partial charge in [-0.25, -0.2) is 9.59 Å². The summed E-state index contributed by atoms with van der Waals surface area (Å²) in [4.78, 5) is 22.6. The molecule has 30 heavy (non-hydrogen) atoms. The second kappa shape index (κ2) is 15.0. The topological polar surface area (TPSA) is 104 Å². The zero-order valence-electron chi connectivity index (χ0n) is 17.9. The maximum Gasteiger partial charge on any atom is 0.407 e. The number of carbonyl (C=O) groups excluding carboxylic acids is 2. The highest BCUT2D eigenvalue weighted by Crippen LogP contribution is 2.52. The average molecular weight is 429 g/mol. The fourth-order valence-corrected chi connectivity index (χ4v) is 3.70. The zero-order valence-corrected chi connectivity index (χ0v) is 17.9. The van der Waals surface area contributed by atoms with E-state index in [0.717, 1.165) is 24.7 Å². The molecule has 2 N–H and O–H groups in total. The molecule has 0 bridgehead atoms. The molecule has 1 fully saturated rings. The Morgan fingerprint density at radius 2 is 1.37 bits per heavy atom. The number of ether oxygens (including phenoxy) is 5. The number of hydrogen-bond donors (Lipinski definition) is 2. The van der Waals surface area contributed by atoms with Gasteiger partial charge in [0.1, 0.15) is 6.61 Å². The molecule has 0 aromatic carbocycles. The van der Waals surface area contributed by atoms with Crippen LogP contribution in [0.1, 0.15) is 25.7 Å². The first kappa shape index (κ1) is 24.4. The highest BCUT2D eigenvalue weighted by atomic mass is 16.6. The van der Waals surface area contributed by atoms with Gasteiger partial charge in [0.05, 0.1) is 46.2 Å². The third-order valence-corrected chi connectivity index (χ3v) is 5.34. The molecule has 0 radical (unpaired) electrons. The van der Waals surface area contributed by atoms with Crippen LogP contribution in [0.25, 0.3) is 0 Å². The summed E-state index contributed by atoms with van der Waals surface area (Å²) < 4.78 is 26.2. The van der Waals surface area contributed by atoms with Crippen molar-refractivity contribution in [2.24, 2.45) is 17.8 Å². The van der Waals surface area contributed by atoms with Crippen molar-refractivity contribution < 1.29 is 33.3 Å². The van der Waals surface area contributed by atoms with Crippen molar-refractivity contribution in [1.82, 2.24) is 10.6 Å². The van der Waals surface area contributed by atoms with Gasteiger partial charge in [0.15, 0.2) is 0 Å². The summed E-state index contributed by atoms with van der Waals surface area (Å²) in [6, 6.07) is 0. The number of carbonyl (C=O) groups is 2. The SMILES string of the molecule is CNC(=O)OCCOCCOCCOCCNC(=O)OC[C@@H]1[C@@H]2CC/C=C\CC[C@@H]21. The van der Waals surface area contributed by atoms with Crippen LogP contribution in [-0.4, -0.2) is 78.6 Å². The summed E-state index contributed by atoms with van der Waals surface area (Å²) in [5.74, 6) is 2.00. The summed E-state index contributed by atoms with van der Waals surface area (Å²) in [6.45, 7) is 3.62. The fraction of sp³-hybridized carbons (Fsp3) is 0.810. The lowest BCUT2D eigenvalue weighted by Crippen LogP contribution is -2.29. The highest BCUT2D eigenvalue weighted by Gasteiger charge is 2.49. The van der Waals surface area contributed by atoms with Crippen LogP contribution in [0, 0.1) is 17.8 Å². The quantitative estimate of drug-likeness (QED) is 0.322. The lowest BCUT2D eigenvalue weighted by Gasteiger charge is -2.08. The summed E-state index contributed by atoms with van der Waals surface area (Å²) >= 11 is 0. The van der Waals surface area contributed by atoms with Crippen LogP contribution in [0.15, 0.2) is 12.2 Å². The number of amides is 2. The van der Waals surface area contributed by atoms with Crippen molar-refractivity contribution in [3.8, 4) is 0 Å². The van der Waals surface area contributed by atoms with E-state index in [1.165, 1.54) is 19.9 Å². The van der Waals surface area contributed by atoms with E-state index < -0.39 is 6.09 Å². The van der Waals surface area contributed by atoms with Crippen LogP contribution >= 0.6 is 0 Å². The molecule has 0 spiro atoms. The lowest BCUT2D eigenvalue weighted by molar-refractivity contribution is 0.00622. The van der Waals surface area contributed by atoms with Gasteiger partial charge in [-0.15, -0.1) is 0 Å². The number of alkyl carbamates (subject to hydrolysis) is 2. The lowest BCUT2D eigenvalue weighted by atomic mass is 10.1. The van der Waals surface area contributed by atoms with Gasteiger partial charge in [0, 0.05) is 13.6 Å². The van der Waals surface area contributed by atoms with Crippen molar-refractivity contribution in [2.45, 2.75) is 25.7 Å². The van der Waals surface area contributed by atoms with Gasteiger partial charge in [-0.2, -0.15) is 0 Å². The van der Waals surface area contributed by atoms with Crippen LogP contribution in [0.3, 0.4) is 0 Å². The molecular formula is C21H36N2O7. The molecule has 0 unspecified atom stereocenters. The van der Waals surface area contributed by atoms with E-state index in [1.807, 2.05) is 0 Å². The molecule has 2 rings (SSSR count). The van der Waals surface area contributed by atoms with Gasteiger partial charge < -0.3 is 34.3 Å². The first-order valence-corrected chi connectivity index (χ1v) is 10.9. The Morgan fingerprint density at radius 1 is 0.800 bits per heavy atom. The van der Waals surface area contributed by atoms with Gasteiger partial charge in [0.2, 0.25) is 0 Å². The maximum absolute atomic E-state index is 11.8. The Kier molecular flexibility index (Phi) is 12.2. The summed E-state index contributed by atoms with van der Waals surface area (Å²) in [6.07, 6.45) is 8.41. The predicted octanol–water partition coefficient (Wildman–Crippen LogP) is 2.11. The molecule has 172 valence electrons.